The molecule has 0 bridgehead atoms. The SMILES string of the molecule is COc1ccc(-c2cc(C(F)(F)F)n3nc(OS(=O)(=O)C(F)(F)F)cc3n2)cc1OC. The van der Waals surface area contributed by atoms with Gasteiger partial charge in [-0.05, 0) is 24.3 Å². The molecule has 2 heterocycles. The normalized spacial score (nSPS) is 12.8. The van der Waals surface area contributed by atoms with E-state index >= 15 is 0 Å². The van der Waals surface area contributed by atoms with Crippen molar-refractivity contribution in [2.24, 2.45) is 0 Å². The average Bonchev–Trinajstić information content (AvgIpc) is 3.06. The first kappa shape index (κ1) is 22.5. The molecule has 0 aliphatic rings. The van der Waals surface area contributed by atoms with Crippen LogP contribution in [0.1, 0.15) is 5.69 Å². The van der Waals surface area contributed by atoms with Gasteiger partial charge in [0.15, 0.2) is 22.8 Å². The van der Waals surface area contributed by atoms with Crippen LogP contribution in [-0.4, -0.2) is 42.7 Å². The molecule has 15 heteroatoms. The number of rotatable bonds is 5. The average molecular weight is 471 g/mol. The van der Waals surface area contributed by atoms with Gasteiger partial charge >= 0.3 is 21.8 Å². The van der Waals surface area contributed by atoms with E-state index in [2.05, 4.69) is 14.3 Å². The van der Waals surface area contributed by atoms with Gasteiger partial charge in [0, 0.05) is 11.6 Å². The van der Waals surface area contributed by atoms with Crippen molar-refractivity contribution in [1.82, 2.24) is 14.6 Å². The second-order valence-corrected chi connectivity index (χ2v) is 7.37. The Morgan fingerprint density at radius 2 is 1.58 bits per heavy atom. The lowest BCUT2D eigenvalue weighted by molar-refractivity contribution is -0.142. The monoisotopic (exact) mass is 471 g/mol. The minimum absolute atomic E-state index is 0.130. The summed E-state index contributed by atoms with van der Waals surface area (Å²) in [5.41, 5.74) is -7.93. The summed E-state index contributed by atoms with van der Waals surface area (Å²) >= 11 is 0. The van der Waals surface area contributed by atoms with E-state index in [-0.39, 0.29) is 21.5 Å². The minimum Gasteiger partial charge on any atom is -0.493 e. The summed E-state index contributed by atoms with van der Waals surface area (Å²) in [5.74, 6) is -0.760. The van der Waals surface area contributed by atoms with Gasteiger partial charge in [-0.3, -0.25) is 0 Å². The molecule has 8 nitrogen and oxygen atoms in total. The smallest absolute Gasteiger partial charge is 0.493 e. The summed E-state index contributed by atoms with van der Waals surface area (Å²) < 4.78 is 114. The Morgan fingerprint density at radius 3 is 2.13 bits per heavy atom. The highest BCUT2D eigenvalue weighted by Gasteiger charge is 2.49. The van der Waals surface area contributed by atoms with Crippen molar-refractivity contribution in [3.63, 3.8) is 0 Å². The van der Waals surface area contributed by atoms with Crippen molar-refractivity contribution < 1.29 is 48.4 Å². The molecule has 3 aromatic rings. The molecule has 0 fully saturated rings. The van der Waals surface area contributed by atoms with Crippen molar-refractivity contribution in [2.45, 2.75) is 11.7 Å². The number of ether oxygens (including phenoxy) is 2. The van der Waals surface area contributed by atoms with Crippen molar-refractivity contribution in [3.8, 4) is 28.6 Å². The maximum atomic E-state index is 13.5. The van der Waals surface area contributed by atoms with Gasteiger partial charge in [-0.25, -0.2) is 9.50 Å². The second-order valence-electron chi connectivity index (χ2n) is 5.83. The van der Waals surface area contributed by atoms with Crippen molar-refractivity contribution in [2.75, 3.05) is 14.2 Å². The largest absolute Gasteiger partial charge is 0.534 e. The predicted octanol–water partition coefficient (Wildman–Crippen LogP) is 3.66. The first-order valence-electron chi connectivity index (χ1n) is 7.98. The Kier molecular flexibility index (Phi) is 5.41. The van der Waals surface area contributed by atoms with Crippen LogP contribution in [-0.2, 0) is 16.3 Å². The zero-order chi connectivity index (χ0) is 23.2. The van der Waals surface area contributed by atoms with Crippen LogP contribution in [0.15, 0.2) is 30.3 Å². The Hall–Kier alpha value is -3.23. The van der Waals surface area contributed by atoms with E-state index in [1.165, 1.54) is 32.4 Å². The van der Waals surface area contributed by atoms with E-state index in [1.54, 1.807) is 0 Å². The number of nitrogens with zero attached hydrogens (tertiary/aromatic N) is 3. The molecule has 0 unspecified atom stereocenters. The molecule has 31 heavy (non-hydrogen) atoms. The van der Waals surface area contributed by atoms with Crippen LogP contribution < -0.4 is 13.7 Å². The molecule has 0 saturated carbocycles. The van der Waals surface area contributed by atoms with Gasteiger partial charge < -0.3 is 13.7 Å². The summed E-state index contributed by atoms with van der Waals surface area (Å²) in [5, 5.41) is 3.16. The number of halogens is 6. The number of methoxy groups -OCH3 is 2. The van der Waals surface area contributed by atoms with Crippen LogP contribution in [0.4, 0.5) is 26.3 Å². The molecule has 3 rings (SSSR count). The Morgan fingerprint density at radius 1 is 0.935 bits per heavy atom. The zero-order valence-electron chi connectivity index (χ0n) is 15.4. The number of aromatic nitrogens is 3. The molecule has 1 aromatic carbocycles. The van der Waals surface area contributed by atoms with Crippen LogP contribution in [0, 0.1) is 0 Å². The molecule has 0 amide bonds. The Bertz CT molecular complexity index is 1240. The van der Waals surface area contributed by atoms with E-state index in [4.69, 9.17) is 9.47 Å². The summed E-state index contributed by atoms with van der Waals surface area (Å²) in [7, 11) is -3.48. The fraction of sp³-hybridized carbons (Fsp3) is 0.250. The molecule has 0 N–H and O–H groups in total. The van der Waals surface area contributed by atoms with Crippen LogP contribution in [0.3, 0.4) is 0 Å². The van der Waals surface area contributed by atoms with Crippen LogP contribution in [0.5, 0.6) is 17.4 Å². The molecule has 0 atom stereocenters. The highest BCUT2D eigenvalue weighted by molar-refractivity contribution is 7.87. The van der Waals surface area contributed by atoms with Gasteiger partial charge in [0.1, 0.15) is 0 Å². The van der Waals surface area contributed by atoms with Gasteiger partial charge in [0.25, 0.3) is 5.88 Å². The molecule has 0 saturated heterocycles. The number of benzene rings is 1. The number of alkyl halides is 6. The predicted molar refractivity (Wildman–Crippen MR) is 92.1 cm³/mol. The van der Waals surface area contributed by atoms with Crippen LogP contribution >= 0.6 is 0 Å². The van der Waals surface area contributed by atoms with Gasteiger partial charge in [-0.15, -0.1) is 5.10 Å². The summed E-state index contributed by atoms with van der Waals surface area (Å²) in [6.45, 7) is 0. The Labute approximate surface area is 170 Å². The number of hydrogen-bond donors (Lipinski definition) is 0. The van der Waals surface area contributed by atoms with Gasteiger partial charge in [-0.1, -0.05) is 0 Å². The van der Waals surface area contributed by atoms with E-state index in [9.17, 15) is 34.8 Å². The molecule has 0 spiro atoms. The molecule has 0 aliphatic heterocycles. The van der Waals surface area contributed by atoms with Gasteiger partial charge in [0.2, 0.25) is 0 Å². The van der Waals surface area contributed by atoms with E-state index in [0.29, 0.717) is 17.9 Å². The highest BCUT2D eigenvalue weighted by atomic mass is 32.2. The second kappa shape index (κ2) is 7.47. The third-order valence-corrected chi connectivity index (χ3v) is 4.81. The van der Waals surface area contributed by atoms with Crippen molar-refractivity contribution >= 4 is 15.8 Å². The topological polar surface area (TPSA) is 92.0 Å². The lowest BCUT2D eigenvalue weighted by atomic mass is 10.1. The zero-order valence-corrected chi connectivity index (χ0v) is 16.3. The Balaban J connectivity index is 2.18. The molecule has 0 aliphatic carbocycles. The van der Waals surface area contributed by atoms with Gasteiger partial charge in [0.05, 0.1) is 19.9 Å². The van der Waals surface area contributed by atoms with E-state index < -0.39 is 39.0 Å². The highest BCUT2D eigenvalue weighted by Crippen LogP contribution is 2.36. The first-order valence-corrected chi connectivity index (χ1v) is 9.39. The molecule has 0 radical (unpaired) electrons. The fourth-order valence-electron chi connectivity index (χ4n) is 2.50. The maximum absolute atomic E-state index is 13.5. The maximum Gasteiger partial charge on any atom is 0.534 e. The number of hydrogen-bond acceptors (Lipinski definition) is 7. The van der Waals surface area contributed by atoms with Crippen molar-refractivity contribution in [3.05, 3.63) is 36.0 Å². The summed E-state index contributed by atoms with van der Waals surface area (Å²) in [4.78, 5) is 3.91. The molecular weight excluding hydrogens is 460 g/mol. The van der Waals surface area contributed by atoms with Crippen LogP contribution in [0.25, 0.3) is 16.9 Å². The lowest BCUT2D eigenvalue weighted by Crippen LogP contribution is -2.28. The van der Waals surface area contributed by atoms with E-state index in [0.717, 1.165) is 0 Å². The first-order chi connectivity index (χ1) is 14.3. The third kappa shape index (κ3) is 4.30. The van der Waals surface area contributed by atoms with Gasteiger partial charge in [-0.2, -0.15) is 34.8 Å². The lowest BCUT2D eigenvalue weighted by Gasteiger charge is -2.12. The summed E-state index contributed by atoms with van der Waals surface area (Å²) in [6, 6.07) is 5.24. The number of fused-ring (bicyclic) bond motifs is 1. The quantitative estimate of drug-likeness (QED) is 0.319. The van der Waals surface area contributed by atoms with Crippen molar-refractivity contribution in [1.29, 1.82) is 0 Å². The summed E-state index contributed by atoms with van der Waals surface area (Å²) in [6.07, 6.45) is -5.02. The standard InChI is InChI=1S/C16H11F6N3O5S/c1-28-10-4-3-8(5-11(10)29-2)9-6-12(15(17,18)19)25-13(23-9)7-14(24-25)30-31(26,27)16(20,21)22/h3-7H,1-2H3. The van der Waals surface area contributed by atoms with E-state index in [1.807, 2.05) is 0 Å². The van der Waals surface area contributed by atoms with Crippen LogP contribution in [0.2, 0.25) is 0 Å². The molecule has 2 aromatic heterocycles. The fourth-order valence-corrected chi connectivity index (χ4v) is 2.90. The molecular formula is C16H11F6N3O5S. The minimum atomic E-state index is -6.14. The third-order valence-electron chi connectivity index (χ3n) is 3.85. The molecule has 168 valence electrons.